The maximum absolute atomic E-state index is 5.68. The van der Waals surface area contributed by atoms with Gasteiger partial charge >= 0.3 is 0 Å². The number of para-hydroxylation sites is 1. The van der Waals surface area contributed by atoms with Crippen molar-refractivity contribution >= 4 is 17.2 Å². The minimum Gasteiger partial charge on any atom is -0.496 e. The van der Waals surface area contributed by atoms with Gasteiger partial charge in [-0.05, 0) is 38.8 Å². The smallest absolute Gasteiger partial charge is 0.234 e. The number of anilines is 1. The Morgan fingerprint density at radius 3 is 2.66 bits per heavy atom. The maximum Gasteiger partial charge on any atom is 0.234 e. The van der Waals surface area contributed by atoms with Gasteiger partial charge in [-0.25, -0.2) is 4.98 Å². The van der Waals surface area contributed by atoms with E-state index in [9.17, 15) is 0 Å². The number of ether oxygens (including phenoxy) is 2. The molecule has 3 heterocycles. The number of thiazole rings is 1. The van der Waals surface area contributed by atoms with Crippen LogP contribution in [0.5, 0.6) is 11.6 Å². The lowest BCUT2D eigenvalue weighted by atomic mass is 9.97. The Hall–Kier alpha value is -2.67. The lowest BCUT2D eigenvalue weighted by Crippen LogP contribution is -2.33. The zero-order chi connectivity index (χ0) is 20.2. The summed E-state index contributed by atoms with van der Waals surface area (Å²) < 4.78 is 11.2. The quantitative estimate of drug-likeness (QED) is 0.583. The highest BCUT2D eigenvalue weighted by molar-refractivity contribution is 7.10. The molecule has 1 saturated heterocycles. The first-order valence-corrected chi connectivity index (χ1v) is 10.8. The van der Waals surface area contributed by atoms with Crippen LogP contribution in [-0.4, -0.2) is 41.3 Å². The fraction of sp³-hybridized carbons (Fsp3) is 0.409. The van der Waals surface area contributed by atoms with Gasteiger partial charge in [-0.2, -0.15) is 4.98 Å². The van der Waals surface area contributed by atoms with Crippen LogP contribution in [0, 0.1) is 0 Å². The predicted octanol–water partition coefficient (Wildman–Crippen LogP) is 4.78. The molecule has 0 spiro atoms. The van der Waals surface area contributed by atoms with E-state index in [4.69, 9.17) is 14.5 Å². The molecule has 1 fully saturated rings. The van der Waals surface area contributed by atoms with Gasteiger partial charge in [0.25, 0.3) is 0 Å². The van der Waals surface area contributed by atoms with E-state index in [0.717, 1.165) is 48.8 Å². The molecule has 29 heavy (non-hydrogen) atoms. The van der Waals surface area contributed by atoms with Gasteiger partial charge in [0.2, 0.25) is 5.88 Å². The topological polar surface area (TPSA) is 60.4 Å². The highest BCUT2D eigenvalue weighted by atomic mass is 32.1. The summed E-state index contributed by atoms with van der Waals surface area (Å²) in [5, 5.41) is 3.34. The van der Waals surface area contributed by atoms with Gasteiger partial charge < -0.3 is 14.4 Å². The first-order valence-electron chi connectivity index (χ1n) is 9.96. The van der Waals surface area contributed by atoms with Gasteiger partial charge in [0.1, 0.15) is 5.75 Å². The Labute approximate surface area is 175 Å². The molecule has 1 aromatic carbocycles. The van der Waals surface area contributed by atoms with Crippen molar-refractivity contribution in [3.8, 4) is 22.9 Å². The molecule has 0 saturated carbocycles. The second-order valence-electron chi connectivity index (χ2n) is 7.41. The molecule has 6 nitrogen and oxygen atoms in total. The number of piperidine rings is 1. The van der Waals surface area contributed by atoms with Gasteiger partial charge in [0.15, 0.2) is 5.82 Å². The summed E-state index contributed by atoms with van der Waals surface area (Å²) in [6.45, 7) is 5.86. The van der Waals surface area contributed by atoms with Crippen LogP contribution in [0.3, 0.4) is 0 Å². The normalized spacial score (nSPS) is 15.0. The van der Waals surface area contributed by atoms with E-state index in [-0.39, 0.29) is 6.10 Å². The van der Waals surface area contributed by atoms with Crippen molar-refractivity contribution < 1.29 is 9.47 Å². The first-order chi connectivity index (χ1) is 14.1. The molecule has 4 rings (SSSR count). The SMILES string of the molecule is COc1ccccc1-c1csc(C2CCN(c3cncc(OC(C)C)n3)CC2)n1. The Morgan fingerprint density at radius 2 is 1.90 bits per heavy atom. The molecule has 7 heteroatoms. The van der Waals surface area contributed by atoms with E-state index in [0.29, 0.717) is 11.8 Å². The van der Waals surface area contributed by atoms with E-state index < -0.39 is 0 Å². The summed E-state index contributed by atoms with van der Waals surface area (Å²) in [5.41, 5.74) is 2.04. The number of benzene rings is 1. The van der Waals surface area contributed by atoms with Crippen LogP contribution in [0.1, 0.15) is 37.6 Å². The molecule has 1 aliphatic rings. The zero-order valence-electron chi connectivity index (χ0n) is 17.0. The Morgan fingerprint density at radius 1 is 1.10 bits per heavy atom. The number of rotatable bonds is 6. The van der Waals surface area contributed by atoms with Gasteiger partial charge in [-0.15, -0.1) is 11.3 Å². The number of aromatic nitrogens is 3. The van der Waals surface area contributed by atoms with E-state index in [1.54, 1.807) is 24.6 Å². The van der Waals surface area contributed by atoms with Crippen molar-refractivity contribution in [2.45, 2.75) is 38.7 Å². The van der Waals surface area contributed by atoms with Gasteiger partial charge in [0, 0.05) is 30.0 Å². The molecule has 3 aromatic rings. The Bertz CT molecular complexity index is 951. The largest absolute Gasteiger partial charge is 0.496 e. The van der Waals surface area contributed by atoms with Gasteiger partial charge in [0.05, 0.1) is 36.3 Å². The van der Waals surface area contributed by atoms with Crippen LogP contribution >= 0.6 is 11.3 Å². The molecule has 152 valence electrons. The van der Waals surface area contributed by atoms with E-state index >= 15 is 0 Å². The van der Waals surface area contributed by atoms with Crippen LogP contribution in [0.25, 0.3) is 11.3 Å². The monoisotopic (exact) mass is 410 g/mol. The summed E-state index contributed by atoms with van der Waals surface area (Å²) in [4.78, 5) is 16.1. The van der Waals surface area contributed by atoms with E-state index in [1.165, 1.54) is 5.01 Å². The van der Waals surface area contributed by atoms with Crippen molar-refractivity contribution in [2.75, 3.05) is 25.1 Å². The lowest BCUT2D eigenvalue weighted by molar-refractivity contribution is 0.231. The van der Waals surface area contributed by atoms with Gasteiger partial charge in [-0.1, -0.05) is 12.1 Å². The van der Waals surface area contributed by atoms with Crippen LogP contribution in [0.4, 0.5) is 5.82 Å². The van der Waals surface area contributed by atoms with Crippen molar-refractivity contribution in [1.29, 1.82) is 0 Å². The number of hydrogen-bond acceptors (Lipinski definition) is 7. The first kappa shape index (κ1) is 19.6. The average Bonchev–Trinajstić information content (AvgIpc) is 3.24. The van der Waals surface area contributed by atoms with Crippen LogP contribution in [0.15, 0.2) is 42.0 Å². The highest BCUT2D eigenvalue weighted by Crippen LogP contribution is 2.36. The molecule has 0 radical (unpaired) electrons. The van der Waals surface area contributed by atoms with E-state index in [2.05, 4.69) is 26.3 Å². The van der Waals surface area contributed by atoms with Crippen LogP contribution in [-0.2, 0) is 0 Å². The fourth-order valence-electron chi connectivity index (χ4n) is 3.60. The number of hydrogen-bond donors (Lipinski definition) is 0. The van der Waals surface area contributed by atoms with Crippen LogP contribution in [0.2, 0.25) is 0 Å². The average molecular weight is 411 g/mol. The molecular formula is C22H26N4O2S. The number of methoxy groups -OCH3 is 1. The zero-order valence-corrected chi connectivity index (χ0v) is 17.9. The third-order valence-electron chi connectivity index (χ3n) is 5.03. The third kappa shape index (κ3) is 4.50. The Kier molecular flexibility index (Phi) is 5.94. The number of nitrogens with zero attached hydrogens (tertiary/aromatic N) is 4. The highest BCUT2D eigenvalue weighted by Gasteiger charge is 2.24. The molecule has 0 aliphatic carbocycles. The standard InChI is InChI=1S/C22H26N4O2S/c1-15(2)28-21-13-23-12-20(25-21)26-10-8-16(9-11-26)22-24-18(14-29-22)17-6-4-5-7-19(17)27-3/h4-7,12-16H,8-11H2,1-3H3. The van der Waals surface area contributed by atoms with Crippen molar-refractivity contribution in [2.24, 2.45) is 0 Å². The molecule has 1 aliphatic heterocycles. The molecule has 0 amide bonds. The molecular weight excluding hydrogens is 384 g/mol. The minimum absolute atomic E-state index is 0.0904. The molecule has 2 aromatic heterocycles. The minimum atomic E-state index is 0.0904. The second kappa shape index (κ2) is 8.78. The van der Waals surface area contributed by atoms with Crippen molar-refractivity contribution in [3.05, 3.63) is 47.0 Å². The molecule has 0 atom stereocenters. The Balaban J connectivity index is 1.42. The summed E-state index contributed by atoms with van der Waals surface area (Å²) in [6.07, 6.45) is 5.68. The fourth-order valence-corrected chi connectivity index (χ4v) is 4.59. The van der Waals surface area contributed by atoms with E-state index in [1.807, 2.05) is 38.2 Å². The predicted molar refractivity (Wildman–Crippen MR) is 116 cm³/mol. The van der Waals surface area contributed by atoms with Gasteiger partial charge in [-0.3, -0.25) is 4.98 Å². The maximum atomic E-state index is 5.68. The lowest BCUT2D eigenvalue weighted by Gasteiger charge is -2.31. The molecule has 0 unspecified atom stereocenters. The molecule has 0 N–H and O–H groups in total. The van der Waals surface area contributed by atoms with Crippen LogP contribution < -0.4 is 14.4 Å². The summed E-state index contributed by atoms with van der Waals surface area (Å²) >= 11 is 1.74. The summed E-state index contributed by atoms with van der Waals surface area (Å²) in [7, 11) is 1.70. The second-order valence-corrected chi connectivity index (χ2v) is 8.30. The summed E-state index contributed by atoms with van der Waals surface area (Å²) in [6, 6.07) is 8.04. The van der Waals surface area contributed by atoms with Crippen molar-refractivity contribution in [3.63, 3.8) is 0 Å². The molecule has 0 bridgehead atoms. The van der Waals surface area contributed by atoms with Crippen molar-refractivity contribution in [1.82, 2.24) is 15.0 Å². The summed E-state index contributed by atoms with van der Waals surface area (Å²) in [5.74, 6) is 2.81. The third-order valence-corrected chi connectivity index (χ3v) is 6.04.